The Bertz CT molecular complexity index is 532. The summed E-state index contributed by atoms with van der Waals surface area (Å²) in [5.41, 5.74) is 0. The number of ether oxygens (including phenoxy) is 2. The third kappa shape index (κ3) is 4.45. The summed E-state index contributed by atoms with van der Waals surface area (Å²) in [6.45, 7) is 4.16. The van der Waals surface area contributed by atoms with Crippen LogP contribution in [0, 0.1) is 0 Å². The summed E-state index contributed by atoms with van der Waals surface area (Å²) in [6.07, 6.45) is 6.56. The van der Waals surface area contributed by atoms with Gasteiger partial charge in [-0.2, -0.15) is 5.10 Å². The van der Waals surface area contributed by atoms with Crippen molar-refractivity contribution in [3.8, 4) is 0 Å². The average Bonchev–Trinajstić information content (AvgIpc) is 3.26. The van der Waals surface area contributed by atoms with Crippen LogP contribution in [0.1, 0.15) is 31.5 Å². The van der Waals surface area contributed by atoms with Gasteiger partial charge in [0.1, 0.15) is 12.2 Å². The lowest BCUT2D eigenvalue weighted by molar-refractivity contribution is -0.0367. The Labute approximate surface area is 143 Å². The standard InChI is InChI=1S/C16H28N6O2/c1-17-16(18-10-15-19-12-20-21(15)2)22-7-5-13(6-8-22)24-11-14-4-3-9-23-14/h12-14H,3-11H2,1-2H3,(H,17,18). The summed E-state index contributed by atoms with van der Waals surface area (Å²) < 4.78 is 13.4. The summed E-state index contributed by atoms with van der Waals surface area (Å²) in [5, 5.41) is 7.45. The molecule has 1 aromatic rings. The molecule has 0 aromatic carbocycles. The largest absolute Gasteiger partial charge is 0.376 e. The van der Waals surface area contributed by atoms with Crippen molar-refractivity contribution in [1.29, 1.82) is 0 Å². The van der Waals surface area contributed by atoms with Crippen molar-refractivity contribution in [2.24, 2.45) is 12.0 Å². The SMILES string of the molecule is CN=C(NCc1ncnn1C)N1CCC(OCC2CCCO2)CC1. The van der Waals surface area contributed by atoms with Crippen molar-refractivity contribution >= 4 is 5.96 Å². The van der Waals surface area contributed by atoms with Gasteiger partial charge in [0.2, 0.25) is 0 Å². The van der Waals surface area contributed by atoms with E-state index in [9.17, 15) is 0 Å². The fourth-order valence-electron chi connectivity index (χ4n) is 3.22. The minimum atomic E-state index is 0.309. The first kappa shape index (κ1) is 17.2. The second kappa shape index (κ2) is 8.43. The first-order valence-electron chi connectivity index (χ1n) is 8.78. The Hall–Kier alpha value is -1.67. The summed E-state index contributed by atoms with van der Waals surface area (Å²) >= 11 is 0. The van der Waals surface area contributed by atoms with Gasteiger partial charge in [-0.15, -0.1) is 0 Å². The molecule has 2 fully saturated rings. The molecule has 8 heteroatoms. The van der Waals surface area contributed by atoms with Crippen LogP contribution in [0.4, 0.5) is 0 Å². The average molecular weight is 336 g/mol. The number of rotatable bonds is 5. The molecule has 24 heavy (non-hydrogen) atoms. The van der Waals surface area contributed by atoms with Crippen LogP contribution in [0.2, 0.25) is 0 Å². The van der Waals surface area contributed by atoms with Gasteiger partial charge in [0.25, 0.3) is 0 Å². The van der Waals surface area contributed by atoms with Crippen LogP contribution in [0.5, 0.6) is 0 Å². The molecule has 0 bridgehead atoms. The van der Waals surface area contributed by atoms with E-state index in [1.807, 2.05) is 14.1 Å². The minimum absolute atomic E-state index is 0.309. The topological polar surface area (TPSA) is 76.8 Å². The highest BCUT2D eigenvalue weighted by molar-refractivity contribution is 5.79. The van der Waals surface area contributed by atoms with E-state index < -0.39 is 0 Å². The summed E-state index contributed by atoms with van der Waals surface area (Å²) in [4.78, 5) is 10.9. The van der Waals surface area contributed by atoms with Crippen molar-refractivity contribution in [3.05, 3.63) is 12.2 Å². The molecular weight excluding hydrogens is 308 g/mol. The molecule has 8 nitrogen and oxygen atoms in total. The molecule has 0 amide bonds. The summed E-state index contributed by atoms with van der Waals surface area (Å²) in [5.74, 6) is 1.81. The van der Waals surface area contributed by atoms with E-state index >= 15 is 0 Å². The molecule has 1 aromatic heterocycles. The molecule has 0 saturated carbocycles. The minimum Gasteiger partial charge on any atom is -0.376 e. The van der Waals surface area contributed by atoms with Gasteiger partial charge in [-0.05, 0) is 25.7 Å². The van der Waals surface area contributed by atoms with Gasteiger partial charge in [0, 0.05) is 33.8 Å². The number of aliphatic imine (C=N–C) groups is 1. The smallest absolute Gasteiger partial charge is 0.194 e. The summed E-state index contributed by atoms with van der Waals surface area (Å²) in [6, 6.07) is 0. The van der Waals surface area contributed by atoms with E-state index in [1.165, 1.54) is 6.42 Å². The fourth-order valence-corrected chi connectivity index (χ4v) is 3.22. The first-order valence-corrected chi connectivity index (χ1v) is 8.78. The van der Waals surface area contributed by atoms with Gasteiger partial charge in [-0.1, -0.05) is 0 Å². The third-order valence-corrected chi connectivity index (χ3v) is 4.70. The monoisotopic (exact) mass is 336 g/mol. The van der Waals surface area contributed by atoms with E-state index in [1.54, 1.807) is 11.0 Å². The molecule has 0 aliphatic carbocycles. The second-order valence-electron chi connectivity index (χ2n) is 6.36. The molecule has 2 aliphatic heterocycles. The zero-order valence-corrected chi connectivity index (χ0v) is 14.6. The second-order valence-corrected chi connectivity index (χ2v) is 6.36. The van der Waals surface area contributed by atoms with E-state index in [2.05, 4.69) is 25.3 Å². The maximum absolute atomic E-state index is 6.03. The lowest BCUT2D eigenvalue weighted by Crippen LogP contribution is -2.47. The lowest BCUT2D eigenvalue weighted by atomic mass is 10.1. The molecule has 1 atom stereocenters. The van der Waals surface area contributed by atoms with E-state index in [4.69, 9.17) is 9.47 Å². The molecule has 3 rings (SSSR count). The Morgan fingerprint density at radius 2 is 2.25 bits per heavy atom. The van der Waals surface area contributed by atoms with Crippen molar-refractivity contribution in [2.75, 3.05) is 33.4 Å². The number of nitrogens with zero attached hydrogens (tertiary/aromatic N) is 5. The van der Waals surface area contributed by atoms with Gasteiger partial charge >= 0.3 is 0 Å². The number of nitrogens with one attached hydrogen (secondary N) is 1. The van der Waals surface area contributed by atoms with Crippen LogP contribution in [0.3, 0.4) is 0 Å². The highest BCUT2D eigenvalue weighted by Crippen LogP contribution is 2.17. The highest BCUT2D eigenvalue weighted by atomic mass is 16.5. The maximum atomic E-state index is 6.03. The van der Waals surface area contributed by atoms with E-state index in [0.717, 1.165) is 57.3 Å². The van der Waals surface area contributed by atoms with Crippen LogP contribution in [-0.4, -0.2) is 71.2 Å². The normalized spacial score (nSPS) is 23.0. The quantitative estimate of drug-likeness (QED) is 0.625. The van der Waals surface area contributed by atoms with E-state index in [-0.39, 0.29) is 0 Å². The highest BCUT2D eigenvalue weighted by Gasteiger charge is 2.24. The molecule has 2 aliphatic rings. The predicted octanol–water partition coefficient (Wildman–Crippen LogP) is 0.551. The van der Waals surface area contributed by atoms with Gasteiger partial charge < -0.3 is 19.7 Å². The van der Waals surface area contributed by atoms with Crippen LogP contribution in [-0.2, 0) is 23.1 Å². The Morgan fingerprint density at radius 3 is 2.88 bits per heavy atom. The maximum Gasteiger partial charge on any atom is 0.194 e. The van der Waals surface area contributed by atoms with Gasteiger partial charge in [-0.25, -0.2) is 4.98 Å². The van der Waals surface area contributed by atoms with Crippen LogP contribution < -0.4 is 5.32 Å². The molecule has 1 unspecified atom stereocenters. The Balaban J connectivity index is 1.40. The number of hydrogen-bond acceptors (Lipinski definition) is 5. The molecule has 1 N–H and O–H groups in total. The van der Waals surface area contributed by atoms with Crippen LogP contribution in [0.15, 0.2) is 11.3 Å². The number of aryl methyl sites for hydroxylation is 1. The van der Waals surface area contributed by atoms with E-state index in [0.29, 0.717) is 18.8 Å². The Morgan fingerprint density at radius 1 is 1.42 bits per heavy atom. The third-order valence-electron chi connectivity index (χ3n) is 4.70. The molecule has 3 heterocycles. The predicted molar refractivity (Wildman–Crippen MR) is 90.7 cm³/mol. The molecule has 2 saturated heterocycles. The number of guanidine groups is 1. The number of likely N-dealkylation sites (tertiary alicyclic amines) is 1. The zero-order valence-electron chi connectivity index (χ0n) is 14.6. The van der Waals surface area contributed by atoms with Crippen molar-refractivity contribution in [3.63, 3.8) is 0 Å². The molecule has 134 valence electrons. The van der Waals surface area contributed by atoms with Crippen molar-refractivity contribution in [1.82, 2.24) is 25.0 Å². The number of piperidine rings is 1. The number of aromatic nitrogens is 3. The molecular formula is C16H28N6O2. The van der Waals surface area contributed by atoms with Crippen molar-refractivity contribution < 1.29 is 9.47 Å². The molecule has 0 radical (unpaired) electrons. The van der Waals surface area contributed by atoms with Gasteiger partial charge in [0.05, 0.1) is 25.4 Å². The van der Waals surface area contributed by atoms with Crippen molar-refractivity contribution in [2.45, 2.75) is 44.4 Å². The zero-order chi connectivity index (χ0) is 16.8. The summed E-state index contributed by atoms with van der Waals surface area (Å²) in [7, 11) is 3.71. The van der Waals surface area contributed by atoms with Gasteiger partial charge in [-0.3, -0.25) is 9.67 Å². The lowest BCUT2D eigenvalue weighted by Gasteiger charge is -2.34. The van der Waals surface area contributed by atoms with Crippen LogP contribution in [0.25, 0.3) is 0 Å². The fraction of sp³-hybridized carbons (Fsp3) is 0.812. The first-order chi connectivity index (χ1) is 11.8. The molecule has 0 spiro atoms. The number of hydrogen-bond donors (Lipinski definition) is 1. The van der Waals surface area contributed by atoms with Gasteiger partial charge in [0.15, 0.2) is 5.96 Å². The Kier molecular flexibility index (Phi) is 6.03. The van der Waals surface area contributed by atoms with Crippen LogP contribution >= 0.6 is 0 Å².